The number of nitro groups is 1. The van der Waals surface area contributed by atoms with Gasteiger partial charge in [-0.3, -0.25) is 14.9 Å². The number of carboxylic acids is 1. The Bertz CT molecular complexity index is 435. The van der Waals surface area contributed by atoms with E-state index in [2.05, 4.69) is 15.3 Å². The average Bonchev–Trinajstić information content (AvgIpc) is 2.16. The van der Waals surface area contributed by atoms with Gasteiger partial charge in [0.15, 0.2) is 0 Å². The van der Waals surface area contributed by atoms with E-state index < -0.39 is 22.6 Å². The van der Waals surface area contributed by atoms with Gasteiger partial charge in [-0.05, 0) is 6.92 Å². The highest BCUT2D eigenvalue weighted by Crippen LogP contribution is 2.18. The molecule has 0 fully saturated rings. The zero-order chi connectivity index (χ0) is 12.3. The van der Waals surface area contributed by atoms with E-state index in [0.717, 1.165) is 6.20 Å². The summed E-state index contributed by atoms with van der Waals surface area (Å²) >= 11 is 0. The van der Waals surface area contributed by atoms with Crippen LogP contribution in [0.2, 0.25) is 0 Å². The number of nitrogens with one attached hydrogen (secondary N) is 1. The van der Waals surface area contributed by atoms with E-state index in [-0.39, 0.29) is 11.8 Å². The van der Waals surface area contributed by atoms with Crippen molar-refractivity contribution in [2.45, 2.75) is 13.0 Å². The Labute approximate surface area is 89.5 Å². The van der Waals surface area contributed by atoms with Gasteiger partial charge in [0.05, 0.1) is 4.92 Å². The molecule has 0 aliphatic carbocycles. The first-order chi connectivity index (χ1) is 7.41. The molecular weight excluding hydrogens is 218 g/mol. The highest BCUT2D eigenvalue weighted by Gasteiger charge is 2.16. The molecule has 1 rings (SSSR count). The quantitative estimate of drug-likeness (QED) is 0.475. The van der Waals surface area contributed by atoms with Crippen LogP contribution in [0.1, 0.15) is 6.92 Å². The first-order valence-corrected chi connectivity index (χ1v) is 4.18. The molecule has 0 bridgehead atoms. The summed E-state index contributed by atoms with van der Waals surface area (Å²) in [5, 5.41) is 21.4. The van der Waals surface area contributed by atoms with Crippen LogP contribution in [0.5, 0.6) is 0 Å². The van der Waals surface area contributed by atoms with Crippen LogP contribution in [0.3, 0.4) is 0 Å². The maximum atomic E-state index is 10.5. The van der Waals surface area contributed by atoms with E-state index in [1.165, 1.54) is 6.92 Å². The molecule has 0 aliphatic heterocycles. The molecule has 4 N–H and O–H groups in total. The van der Waals surface area contributed by atoms with E-state index in [1.807, 2.05) is 0 Å². The van der Waals surface area contributed by atoms with Gasteiger partial charge >= 0.3 is 11.7 Å². The van der Waals surface area contributed by atoms with Gasteiger partial charge in [-0.2, -0.15) is 4.98 Å². The molecule has 86 valence electrons. The van der Waals surface area contributed by atoms with Crippen molar-refractivity contribution in [1.29, 1.82) is 0 Å². The lowest BCUT2D eigenvalue weighted by Gasteiger charge is -2.08. The van der Waals surface area contributed by atoms with Crippen molar-refractivity contribution in [3.05, 3.63) is 16.3 Å². The third-order valence-corrected chi connectivity index (χ3v) is 1.71. The number of aliphatic carboxylic acids is 1. The minimum atomic E-state index is -1.10. The van der Waals surface area contributed by atoms with Gasteiger partial charge in [0.2, 0.25) is 11.8 Å². The molecule has 0 aromatic carbocycles. The summed E-state index contributed by atoms with van der Waals surface area (Å²) < 4.78 is 0. The third-order valence-electron chi connectivity index (χ3n) is 1.71. The first-order valence-electron chi connectivity index (χ1n) is 4.18. The van der Waals surface area contributed by atoms with Gasteiger partial charge in [-0.25, -0.2) is 4.98 Å². The Kier molecular flexibility index (Phi) is 3.18. The Morgan fingerprint density at radius 2 is 2.38 bits per heavy atom. The summed E-state index contributed by atoms with van der Waals surface area (Å²) in [6, 6.07) is -0.916. The number of carbonyl (C=O) groups is 1. The zero-order valence-electron chi connectivity index (χ0n) is 8.25. The Balaban J connectivity index is 2.89. The Morgan fingerprint density at radius 1 is 1.75 bits per heavy atom. The van der Waals surface area contributed by atoms with Gasteiger partial charge in [0.1, 0.15) is 12.2 Å². The lowest BCUT2D eigenvalue weighted by molar-refractivity contribution is -0.384. The van der Waals surface area contributed by atoms with Crippen LogP contribution < -0.4 is 11.1 Å². The molecule has 0 aliphatic rings. The summed E-state index contributed by atoms with van der Waals surface area (Å²) in [4.78, 5) is 27.3. The lowest BCUT2D eigenvalue weighted by atomic mass is 10.3. The minimum Gasteiger partial charge on any atom is -0.480 e. The summed E-state index contributed by atoms with van der Waals surface area (Å²) in [5.41, 5.74) is 4.87. The number of nitrogen functional groups attached to an aromatic ring is 1. The molecular formula is C7H9N5O4. The summed E-state index contributed by atoms with van der Waals surface area (Å²) in [6.45, 7) is 1.38. The molecule has 16 heavy (non-hydrogen) atoms. The molecule has 0 saturated carbocycles. The summed E-state index contributed by atoms with van der Waals surface area (Å²) in [6.07, 6.45) is 0.916. The maximum Gasteiger partial charge on any atom is 0.329 e. The van der Waals surface area contributed by atoms with Gasteiger partial charge < -0.3 is 16.2 Å². The van der Waals surface area contributed by atoms with Crippen LogP contribution in [-0.2, 0) is 4.79 Å². The molecule has 0 spiro atoms. The Morgan fingerprint density at radius 3 is 2.81 bits per heavy atom. The topological polar surface area (TPSA) is 144 Å². The number of hydrogen-bond acceptors (Lipinski definition) is 7. The monoisotopic (exact) mass is 227 g/mol. The number of nitrogens with zero attached hydrogens (tertiary/aromatic N) is 3. The predicted octanol–water partition coefficient (Wildman–Crippen LogP) is -0.148. The fraction of sp³-hybridized carbons (Fsp3) is 0.286. The second-order valence-electron chi connectivity index (χ2n) is 2.93. The zero-order valence-corrected chi connectivity index (χ0v) is 8.25. The SMILES string of the molecule is CC(Nc1ncc([N+](=O)[O-])c(N)n1)C(=O)O. The molecule has 9 nitrogen and oxygen atoms in total. The smallest absolute Gasteiger partial charge is 0.329 e. The highest BCUT2D eigenvalue weighted by atomic mass is 16.6. The molecule has 0 saturated heterocycles. The summed E-state index contributed by atoms with van der Waals surface area (Å²) in [7, 11) is 0. The van der Waals surface area contributed by atoms with Crippen molar-refractivity contribution in [2.24, 2.45) is 0 Å². The summed E-state index contributed by atoms with van der Waals surface area (Å²) in [5.74, 6) is -1.49. The van der Waals surface area contributed by atoms with Crippen LogP contribution in [0.4, 0.5) is 17.5 Å². The average molecular weight is 227 g/mol. The van der Waals surface area contributed by atoms with E-state index in [0.29, 0.717) is 0 Å². The van der Waals surface area contributed by atoms with Crippen molar-refractivity contribution in [2.75, 3.05) is 11.1 Å². The van der Waals surface area contributed by atoms with Gasteiger partial charge in [0.25, 0.3) is 0 Å². The van der Waals surface area contributed by atoms with E-state index in [9.17, 15) is 14.9 Å². The normalized spacial score (nSPS) is 11.8. The van der Waals surface area contributed by atoms with E-state index >= 15 is 0 Å². The molecule has 9 heteroatoms. The second kappa shape index (κ2) is 4.38. The van der Waals surface area contributed by atoms with Crippen LogP contribution >= 0.6 is 0 Å². The number of carboxylic acid groups (broad SMARTS) is 1. The lowest BCUT2D eigenvalue weighted by Crippen LogP contribution is -2.26. The minimum absolute atomic E-state index is 0.0713. The van der Waals surface area contributed by atoms with Crippen LogP contribution in [0.15, 0.2) is 6.20 Å². The van der Waals surface area contributed by atoms with Gasteiger partial charge in [0, 0.05) is 0 Å². The molecule has 1 atom stereocenters. The largest absolute Gasteiger partial charge is 0.480 e. The number of nitrogens with two attached hydrogens (primary N) is 1. The number of aromatic nitrogens is 2. The molecule has 0 amide bonds. The molecule has 1 aromatic rings. The highest BCUT2D eigenvalue weighted by molar-refractivity contribution is 5.76. The van der Waals surface area contributed by atoms with Crippen molar-refractivity contribution in [3.63, 3.8) is 0 Å². The third kappa shape index (κ3) is 2.53. The van der Waals surface area contributed by atoms with Gasteiger partial charge in [-0.15, -0.1) is 0 Å². The maximum absolute atomic E-state index is 10.5. The van der Waals surface area contributed by atoms with Crippen molar-refractivity contribution >= 4 is 23.4 Å². The number of hydrogen-bond donors (Lipinski definition) is 3. The molecule has 1 heterocycles. The molecule has 1 aromatic heterocycles. The standard InChI is InChI=1S/C7H9N5O4/c1-3(6(13)14)10-7-9-2-4(12(15)16)5(8)11-7/h2-3H,1H3,(H,13,14)(H3,8,9,10,11). The van der Waals surface area contributed by atoms with E-state index in [4.69, 9.17) is 10.8 Å². The van der Waals surface area contributed by atoms with Crippen molar-refractivity contribution < 1.29 is 14.8 Å². The molecule has 0 radical (unpaired) electrons. The fourth-order valence-electron chi connectivity index (χ4n) is 0.854. The van der Waals surface area contributed by atoms with Crippen LogP contribution in [-0.4, -0.2) is 32.0 Å². The molecule has 1 unspecified atom stereocenters. The fourth-order valence-corrected chi connectivity index (χ4v) is 0.854. The predicted molar refractivity (Wildman–Crippen MR) is 53.8 cm³/mol. The number of rotatable bonds is 4. The van der Waals surface area contributed by atoms with Crippen molar-refractivity contribution in [1.82, 2.24) is 9.97 Å². The van der Waals surface area contributed by atoms with Crippen LogP contribution in [0, 0.1) is 10.1 Å². The second-order valence-corrected chi connectivity index (χ2v) is 2.93. The number of anilines is 2. The van der Waals surface area contributed by atoms with Crippen LogP contribution in [0.25, 0.3) is 0 Å². The Hall–Kier alpha value is -2.45. The van der Waals surface area contributed by atoms with Crippen molar-refractivity contribution in [3.8, 4) is 0 Å². The first kappa shape index (κ1) is 11.6. The van der Waals surface area contributed by atoms with Gasteiger partial charge in [-0.1, -0.05) is 0 Å². The van der Waals surface area contributed by atoms with E-state index in [1.54, 1.807) is 0 Å².